The van der Waals surface area contributed by atoms with Crippen LogP contribution < -0.4 is 11.1 Å². The van der Waals surface area contributed by atoms with Gasteiger partial charge in [0.2, 0.25) is 0 Å². The Labute approximate surface area is 172 Å². The van der Waals surface area contributed by atoms with Gasteiger partial charge in [0, 0.05) is 6.04 Å². The predicted octanol–water partition coefficient (Wildman–Crippen LogP) is 4.19. The molecular weight excluding hydrogens is 368 g/mol. The summed E-state index contributed by atoms with van der Waals surface area (Å²) in [4.78, 5) is 23.5. The van der Waals surface area contributed by atoms with Crippen molar-refractivity contribution in [1.82, 2.24) is 5.32 Å². The zero-order valence-electron chi connectivity index (χ0n) is 16.8. The lowest BCUT2D eigenvalue weighted by atomic mass is 9.92. The van der Waals surface area contributed by atoms with Gasteiger partial charge in [0.15, 0.2) is 5.54 Å². The molecule has 156 valence electrons. The SMILES string of the molecule is C[C@@](NC(=O)OCc1ccccc1)(C(=O)O)c1ccccc1.NC1CCCCC1. The summed E-state index contributed by atoms with van der Waals surface area (Å²) in [5, 5.41) is 11.9. The molecule has 3 rings (SSSR count). The van der Waals surface area contributed by atoms with Crippen molar-refractivity contribution in [2.45, 2.75) is 57.2 Å². The molecule has 2 aromatic carbocycles. The highest BCUT2D eigenvalue weighted by atomic mass is 16.5. The summed E-state index contributed by atoms with van der Waals surface area (Å²) < 4.78 is 5.08. The summed E-state index contributed by atoms with van der Waals surface area (Å²) in [6.07, 6.45) is 5.88. The van der Waals surface area contributed by atoms with Crippen LogP contribution in [0, 0.1) is 0 Å². The fourth-order valence-electron chi connectivity index (χ4n) is 3.12. The van der Waals surface area contributed by atoms with Crippen molar-refractivity contribution >= 4 is 12.1 Å². The number of hydrogen-bond acceptors (Lipinski definition) is 4. The molecule has 6 nitrogen and oxygen atoms in total. The second kappa shape index (κ2) is 11.2. The molecule has 0 saturated heterocycles. The number of nitrogens with one attached hydrogen (secondary N) is 1. The fraction of sp³-hybridized carbons (Fsp3) is 0.391. The van der Waals surface area contributed by atoms with Crippen LogP contribution in [0.5, 0.6) is 0 Å². The highest BCUT2D eigenvalue weighted by Crippen LogP contribution is 2.21. The van der Waals surface area contributed by atoms with E-state index in [1.165, 1.54) is 39.0 Å². The Morgan fingerprint density at radius 3 is 2.07 bits per heavy atom. The van der Waals surface area contributed by atoms with Crippen molar-refractivity contribution in [2.24, 2.45) is 5.73 Å². The Bertz CT molecular complexity index is 761. The van der Waals surface area contributed by atoms with Crippen LogP contribution in [0.2, 0.25) is 0 Å². The molecule has 0 spiro atoms. The van der Waals surface area contributed by atoms with Crippen LogP contribution in [0.1, 0.15) is 50.2 Å². The molecule has 0 aromatic heterocycles. The van der Waals surface area contributed by atoms with Gasteiger partial charge in [-0.1, -0.05) is 79.9 Å². The van der Waals surface area contributed by atoms with Crippen molar-refractivity contribution in [2.75, 3.05) is 0 Å². The Morgan fingerprint density at radius 1 is 1.03 bits per heavy atom. The quantitative estimate of drug-likeness (QED) is 0.701. The molecule has 6 heteroatoms. The van der Waals surface area contributed by atoms with E-state index in [1.807, 2.05) is 30.3 Å². The van der Waals surface area contributed by atoms with Gasteiger partial charge in [-0.3, -0.25) is 0 Å². The van der Waals surface area contributed by atoms with Crippen molar-refractivity contribution in [3.05, 3.63) is 71.8 Å². The number of ether oxygens (including phenoxy) is 1. The Morgan fingerprint density at radius 2 is 1.59 bits per heavy atom. The van der Waals surface area contributed by atoms with Gasteiger partial charge in [0.05, 0.1) is 0 Å². The number of carbonyl (C=O) groups excluding carboxylic acids is 1. The highest BCUT2D eigenvalue weighted by molar-refractivity contribution is 5.85. The van der Waals surface area contributed by atoms with Crippen LogP contribution in [0.4, 0.5) is 4.79 Å². The van der Waals surface area contributed by atoms with Crippen LogP contribution in [0.15, 0.2) is 60.7 Å². The lowest BCUT2D eigenvalue weighted by Crippen LogP contribution is -2.49. The molecule has 0 bridgehead atoms. The minimum absolute atomic E-state index is 0.0805. The minimum atomic E-state index is -1.55. The van der Waals surface area contributed by atoms with Crippen LogP contribution in [-0.2, 0) is 21.7 Å². The Kier molecular flexibility index (Phi) is 8.68. The first-order valence-corrected chi connectivity index (χ1v) is 9.95. The first-order valence-electron chi connectivity index (χ1n) is 9.95. The number of alkyl carbamates (subject to hydrolysis) is 1. The number of amides is 1. The van der Waals surface area contributed by atoms with E-state index in [0.717, 1.165) is 5.56 Å². The van der Waals surface area contributed by atoms with Crippen LogP contribution in [0.3, 0.4) is 0 Å². The van der Waals surface area contributed by atoms with Crippen LogP contribution in [-0.4, -0.2) is 23.2 Å². The van der Waals surface area contributed by atoms with Crippen molar-refractivity contribution in [3.63, 3.8) is 0 Å². The number of carboxylic acids is 1. The summed E-state index contributed by atoms with van der Waals surface area (Å²) in [6, 6.07) is 18.2. The topological polar surface area (TPSA) is 102 Å². The monoisotopic (exact) mass is 398 g/mol. The second-order valence-electron chi connectivity index (χ2n) is 7.38. The lowest BCUT2D eigenvalue weighted by molar-refractivity contribution is -0.144. The van der Waals surface area contributed by atoms with Gasteiger partial charge < -0.3 is 20.9 Å². The maximum absolute atomic E-state index is 11.9. The molecule has 1 atom stereocenters. The third kappa shape index (κ3) is 7.23. The molecule has 0 aliphatic heterocycles. The normalized spacial score (nSPS) is 15.9. The number of nitrogens with two attached hydrogens (primary N) is 1. The van der Waals surface area contributed by atoms with E-state index in [1.54, 1.807) is 30.3 Å². The molecule has 1 saturated carbocycles. The zero-order valence-corrected chi connectivity index (χ0v) is 16.8. The van der Waals surface area contributed by atoms with Gasteiger partial charge >= 0.3 is 12.1 Å². The Hall–Kier alpha value is -2.86. The summed E-state index contributed by atoms with van der Waals surface area (Å²) in [6.45, 7) is 1.51. The van der Waals surface area contributed by atoms with E-state index in [0.29, 0.717) is 11.6 Å². The summed E-state index contributed by atoms with van der Waals surface area (Å²) in [5.74, 6) is -1.16. The standard InChI is InChI=1S/C17H17NO4.C6H13N/c1-17(15(19)20,14-10-6-3-7-11-14)18-16(21)22-12-13-8-4-2-5-9-13;7-6-4-2-1-3-5-6/h2-11H,12H2,1H3,(H,18,21)(H,19,20);6H,1-5,7H2/t17-;/m0./s1. The van der Waals surface area contributed by atoms with Crippen molar-refractivity contribution in [1.29, 1.82) is 0 Å². The molecule has 0 radical (unpaired) electrons. The molecular formula is C23H30N2O4. The third-order valence-corrected chi connectivity index (χ3v) is 4.99. The summed E-state index contributed by atoms with van der Waals surface area (Å²) >= 11 is 0. The first-order chi connectivity index (χ1) is 13.9. The highest BCUT2D eigenvalue weighted by Gasteiger charge is 2.37. The predicted molar refractivity (Wildman–Crippen MR) is 112 cm³/mol. The average Bonchev–Trinajstić information content (AvgIpc) is 2.74. The molecule has 1 fully saturated rings. The van der Waals surface area contributed by atoms with Gasteiger partial charge in [0.25, 0.3) is 0 Å². The van der Waals surface area contributed by atoms with E-state index in [-0.39, 0.29) is 6.61 Å². The van der Waals surface area contributed by atoms with Crippen LogP contribution >= 0.6 is 0 Å². The van der Waals surface area contributed by atoms with Gasteiger partial charge in [-0.15, -0.1) is 0 Å². The number of carbonyl (C=O) groups is 2. The lowest BCUT2D eigenvalue weighted by Gasteiger charge is -2.26. The molecule has 1 aliphatic carbocycles. The number of carboxylic acid groups (broad SMARTS) is 1. The number of benzene rings is 2. The van der Waals surface area contributed by atoms with Gasteiger partial charge in [-0.2, -0.15) is 0 Å². The van der Waals surface area contributed by atoms with Crippen molar-refractivity contribution < 1.29 is 19.4 Å². The molecule has 0 unspecified atom stereocenters. The fourth-order valence-corrected chi connectivity index (χ4v) is 3.12. The molecule has 4 N–H and O–H groups in total. The molecule has 0 heterocycles. The minimum Gasteiger partial charge on any atom is -0.479 e. The molecule has 29 heavy (non-hydrogen) atoms. The van der Waals surface area contributed by atoms with Gasteiger partial charge in [0.1, 0.15) is 6.61 Å². The number of aliphatic carboxylic acids is 1. The van der Waals surface area contributed by atoms with E-state index < -0.39 is 17.6 Å². The van der Waals surface area contributed by atoms with Crippen LogP contribution in [0.25, 0.3) is 0 Å². The summed E-state index contributed by atoms with van der Waals surface area (Å²) in [5.41, 5.74) is 5.39. The average molecular weight is 399 g/mol. The Balaban J connectivity index is 0.000000360. The van der Waals surface area contributed by atoms with Gasteiger partial charge in [-0.05, 0) is 30.9 Å². The third-order valence-electron chi connectivity index (χ3n) is 4.99. The maximum atomic E-state index is 11.9. The smallest absolute Gasteiger partial charge is 0.408 e. The molecule has 1 amide bonds. The number of hydrogen-bond donors (Lipinski definition) is 3. The van der Waals surface area contributed by atoms with E-state index in [4.69, 9.17) is 10.5 Å². The van der Waals surface area contributed by atoms with Gasteiger partial charge in [-0.25, -0.2) is 9.59 Å². The van der Waals surface area contributed by atoms with Crippen molar-refractivity contribution in [3.8, 4) is 0 Å². The maximum Gasteiger partial charge on any atom is 0.408 e. The second-order valence-corrected chi connectivity index (χ2v) is 7.38. The number of rotatable bonds is 5. The van der Waals surface area contributed by atoms with E-state index in [2.05, 4.69) is 5.32 Å². The summed E-state index contributed by atoms with van der Waals surface area (Å²) in [7, 11) is 0. The largest absolute Gasteiger partial charge is 0.479 e. The zero-order chi connectivity index (χ0) is 21.1. The molecule has 2 aromatic rings. The van der Waals surface area contributed by atoms with E-state index >= 15 is 0 Å². The van der Waals surface area contributed by atoms with E-state index in [9.17, 15) is 14.7 Å². The molecule has 1 aliphatic rings. The first kappa shape index (κ1) is 22.4.